The van der Waals surface area contributed by atoms with E-state index in [-0.39, 0.29) is 11.9 Å². The smallest absolute Gasteiger partial charge is 0.254 e. The predicted octanol–water partition coefficient (Wildman–Crippen LogP) is 3.92. The van der Waals surface area contributed by atoms with E-state index >= 15 is 0 Å². The summed E-state index contributed by atoms with van der Waals surface area (Å²) in [6, 6.07) is 8.64. The summed E-state index contributed by atoms with van der Waals surface area (Å²) in [4.78, 5) is 14.4. The molecule has 1 unspecified atom stereocenters. The van der Waals surface area contributed by atoms with Crippen molar-refractivity contribution in [3.8, 4) is 0 Å². The second-order valence-corrected chi connectivity index (χ2v) is 6.21. The van der Waals surface area contributed by atoms with E-state index in [2.05, 4.69) is 39.6 Å². The van der Waals surface area contributed by atoms with E-state index in [1.165, 1.54) is 11.8 Å². The number of amides is 1. The van der Waals surface area contributed by atoms with Crippen molar-refractivity contribution in [2.24, 2.45) is 0 Å². The van der Waals surface area contributed by atoms with E-state index in [4.69, 9.17) is 0 Å². The molecule has 0 radical (unpaired) electrons. The number of rotatable bonds is 1. The molecule has 2 aromatic rings. The van der Waals surface area contributed by atoms with Crippen LogP contribution >= 0.6 is 15.9 Å². The molecule has 1 atom stereocenters. The van der Waals surface area contributed by atoms with Crippen molar-refractivity contribution in [3.63, 3.8) is 0 Å². The van der Waals surface area contributed by atoms with Crippen molar-refractivity contribution in [1.29, 1.82) is 0 Å². The van der Waals surface area contributed by atoms with Crippen molar-refractivity contribution in [1.82, 2.24) is 9.47 Å². The van der Waals surface area contributed by atoms with Gasteiger partial charge in [-0.3, -0.25) is 4.79 Å². The maximum absolute atomic E-state index is 13.6. The normalized spacial score (nSPS) is 17.7. The zero-order valence-electron chi connectivity index (χ0n) is 11.9. The lowest BCUT2D eigenvalue weighted by Gasteiger charge is -2.35. The number of hydrogen-bond donors (Lipinski definition) is 0. The Labute approximate surface area is 131 Å². The molecular formula is C16H16BrFN2O. The molecule has 0 bridgehead atoms. The van der Waals surface area contributed by atoms with Gasteiger partial charge in [0.2, 0.25) is 0 Å². The van der Waals surface area contributed by atoms with Gasteiger partial charge in [0.25, 0.3) is 5.91 Å². The molecule has 1 aromatic carbocycles. The molecule has 0 fully saturated rings. The third kappa shape index (κ3) is 2.39. The van der Waals surface area contributed by atoms with E-state index < -0.39 is 5.82 Å². The van der Waals surface area contributed by atoms with Gasteiger partial charge in [-0.1, -0.05) is 0 Å². The molecule has 3 nitrogen and oxygen atoms in total. The molecule has 0 spiro atoms. The molecule has 2 heterocycles. The Kier molecular flexibility index (Phi) is 3.61. The van der Waals surface area contributed by atoms with E-state index in [0.717, 1.165) is 12.2 Å². The number of carbonyl (C=O) groups is 1. The SMILES string of the molecule is Cc1ccc2n1CCN(C(=O)c1ccc(Br)c(F)c1)C2C. The fraction of sp³-hybridized carbons (Fsp3) is 0.312. The first kappa shape index (κ1) is 14.3. The molecule has 1 aliphatic rings. The molecule has 110 valence electrons. The van der Waals surface area contributed by atoms with Crippen LogP contribution in [0, 0.1) is 12.7 Å². The van der Waals surface area contributed by atoms with Gasteiger partial charge in [-0.15, -0.1) is 0 Å². The fourth-order valence-electron chi connectivity index (χ4n) is 2.89. The fourth-order valence-corrected chi connectivity index (χ4v) is 3.14. The number of nitrogens with zero attached hydrogens (tertiary/aromatic N) is 2. The van der Waals surface area contributed by atoms with Crippen LogP contribution < -0.4 is 0 Å². The summed E-state index contributed by atoms with van der Waals surface area (Å²) in [5.74, 6) is -0.538. The topological polar surface area (TPSA) is 25.2 Å². The second kappa shape index (κ2) is 5.30. The van der Waals surface area contributed by atoms with Crippen LogP contribution in [-0.2, 0) is 6.54 Å². The third-order valence-electron chi connectivity index (χ3n) is 4.12. The molecular weight excluding hydrogens is 335 g/mol. The number of carbonyl (C=O) groups excluding carboxylic acids is 1. The number of aryl methyl sites for hydroxylation is 1. The van der Waals surface area contributed by atoms with Crippen LogP contribution in [0.15, 0.2) is 34.8 Å². The summed E-state index contributed by atoms with van der Waals surface area (Å²) < 4.78 is 16.2. The highest BCUT2D eigenvalue weighted by Crippen LogP contribution is 2.29. The summed E-state index contributed by atoms with van der Waals surface area (Å²) in [6.07, 6.45) is 0. The molecule has 1 amide bonds. The third-order valence-corrected chi connectivity index (χ3v) is 4.76. The number of benzene rings is 1. The number of fused-ring (bicyclic) bond motifs is 1. The Bertz CT molecular complexity index is 710. The Balaban J connectivity index is 1.91. The monoisotopic (exact) mass is 350 g/mol. The lowest BCUT2D eigenvalue weighted by molar-refractivity contribution is 0.0642. The van der Waals surface area contributed by atoms with Crippen LogP contribution in [0.2, 0.25) is 0 Å². The molecule has 21 heavy (non-hydrogen) atoms. The first-order valence-corrected chi connectivity index (χ1v) is 7.70. The summed E-state index contributed by atoms with van der Waals surface area (Å²) in [7, 11) is 0. The summed E-state index contributed by atoms with van der Waals surface area (Å²) in [5.41, 5.74) is 2.72. The van der Waals surface area contributed by atoms with Crippen LogP contribution in [0.3, 0.4) is 0 Å². The first-order valence-electron chi connectivity index (χ1n) is 6.91. The van der Waals surface area contributed by atoms with Crippen LogP contribution in [0.5, 0.6) is 0 Å². The van der Waals surface area contributed by atoms with Crippen molar-refractivity contribution < 1.29 is 9.18 Å². The zero-order chi connectivity index (χ0) is 15.1. The van der Waals surface area contributed by atoms with Crippen molar-refractivity contribution >= 4 is 21.8 Å². The number of aromatic nitrogens is 1. The van der Waals surface area contributed by atoms with Crippen molar-refractivity contribution in [2.75, 3.05) is 6.54 Å². The van der Waals surface area contributed by atoms with Crippen LogP contribution in [0.4, 0.5) is 4.39 Å². The average Bonchev–Trinajstić information content (AvgIpc) is 2.84. The highest BCUT2D eigenvalue weighted by atomic mass is 79.9. The highest BCUT2D eigenvalue weighted by Gasteiger charge is 2.29. The average molecular weight is 351 g/mol. The minimum Gasteiger partial charge on any atom is -0.345 e. The molecule has 0 saturated carbocycles. The van der Waals surface area contributed by atoms with Gasteiger partial charge < -0.3 is 9.47 Å². The van der Waals surface area contributed by atoms with Crippen molar-refractivity contribution in [2.45, 2.75) is 26.4 Å². The van der Waals surface area contributed by atoms with Gasteiger partial charge in [0.15, 0.2) is 0 Å². The van der Waals surface area contributed by atoms with Gasteiger partial charge in [-0.2, -0.15) is 0 Å². The Hall–Kier alpha value is -1.62. The minimum atomic E-state index is -0.412. The molecule has 1 aromatic heterocycles. The lowest BCUT2D eigenvalue weighted by Crippen LogP contribution is -2.41. The number of hydrogen-bond acceptors (Lipinski definition) is 1. The Morgan fingerprint density at radius 3 is 2.76 bits per heavy atom. The molecule has 3 rings (SSSR count). The molecule has 0 aliphatic carbocycles. The van der Waals surface area contributed by atoms with Crippen molar-refractivity contribution in [3.05, 3.63) is 57.6 Å². The largest absolute Gasteiger partial charge is 0.345 e. The van der Waals surface area contributed by atoms with E-state index in [1.807, 2.05) is 6.92 Å². The molecule has 5 heteroatoms. The maximum Gasteiger partial charge on any atom is 0.254 e. The zero-order valence-corrected chi connectivity index (χ0v) is 13.5. The van der Waals surface area contributed by atoms with E-state index in [1.54, 1.807) is 17.0 Å². The highest BCUT2D eigenvalue weighted by molar-refractivity contribution is 9.10. The Morgan fingerprint density at radius 2 is 2.05 bits per heavy atom. The van der Waals surface area contributed by atoms with Gasteiger partial charge in [-0.25, -0.2) is 4.39 Å². The quantitative estimate of drug-likeness (QED) is 0.765. The van der Waals surface area contributed by atoms with E-state index in [9.17, 15) is 9.18 Å². The first-order chi connectivity index (χ1) is 9.99. The van der Waals surface area contributed by atoms with Gasteiger partial charge in [0.05, 0.1) is 10.5 Å². The molecule has 0 saturated heterocycles. The summed E-state index contributed by atoms with van der Waals surface area (Å²) in [5, 5.41) is 0. The second-order valence-electron chi connectivity index (χ2n) is 5.35. The van der Waals surface area contributed by atoms with Gasteiger partial charge in [0, 0.05) is 30.0 Å². The van der Waals surface area contributed by atoms with Crippen LogP contribution in [0.1, 0.15) is 34.7 Å². The molecule has 1 aliphatic heterocycles. The van der Waals surface area contributed by atoms with Crippen LogP contribution in [0.25, 0.3) is 0 Å². The minimum absolute atomic E-state index is 0.00772. The summed E-state index contributed by atoms with van der Waals surface area (Å²) >= 11 is 3.11. The summed E-state index contributed by atoms with van der Waals surface area (Å²) in [6.45, 7) is 5.50. The molecule has 0 N–H and O–H groups in total. The maximum atomic E-state index is 13.6. The van der Waals surface area contributed by atoms with Gasteiger partial charge in [0.1, 0.15) is 5.82 Å². The lowest BCUT2D eigenvalue weighted by atomic mass is 10.1. The Morgan fingerprint density at radius 1 is 1.29 bits per heavy atom. The van der Waals surface area contributed by atoms with Crippen LogP contribution in [-0.4, -0.2) is 21.9 Å². The van der Waals surface area contributed by atoms with Gasteiger partial charge in [-0.05, 0) is 60.1 Å². The number of halogens is 2. The van der Waals surface area contributed by atoms with E-state index in [0.29, 0.717) is 16.6 Å². The standard InChI is InChI=1S/C16H16BrFN2O/c1-10-3-6-15-11(2)20(8-7-19(10)15)16(21)12-4-5-13(17)14(18)9-12/h3-6,9,11H,7-8H2,1-2H3. The van der Waals surface area contributed by atoms with Gasteiger partial charge >= 0.3 is 0 Å². The predicted molar refractivity (Wildman–Crippen MR) is 82.7 cm³/mol.